The lowest BCUT2D eigenvalue weighted by molar-refractivity contribution is -0.0137. The Kier molecular flexibility index (Phi) is 6.36. The first-order valence-electron chi connectivity index (χ1n) is 7.47. The molecule has 1 fully saturated rings. The van der Waals surface area contributed by atoms with Gasteiger partial charge in [0.1, 0.15) is 0 Å². The maximum Gasteiger partial charge on any atom is 0.0796 e. The molecule has 0 spiro atoms. The fourth-order valence-corrected chi connectivity index (χ4v) is 3.29. The highest BCUT2D eigenvalue weighted by Crippen LogP contribution is 2.23. The first-order valence-corrected chi connectivity index (χ1v) is 8.45. The van der Waals surface area contributed by atoms with E-state index in [1.165, 1.54) is 10.5 Å². The highest BCUT2D eigenvalue weighted by atomic mass is 32.2. The molecule has 2 unspecified atom stereocenters. The molecule has 1 aromatic carbocycles. The summed E-state index contributed by atoms with van der Waals surface area (Å²) in [6.45, 7) is 8.54. The lowest BCUT2D eigenvalue weighted by Gasteiger charge is -2.31. The Labute approximate surface area is 127 Å². The van der Waals surface area contributed by atoms with Gasteiger partial charge in [-0.05, 0) is 38.2 Å². The van der Waals surface area contributed by atoms with Gasteiger partial charge in [-0.15, -0.1) is 11.8 Å². The zero-order valence-corrected chi connectivity index (χ0v) is 13.6. The van der Waals surface area contributed by atoms with Crippen LogP contribution >= 0.6 is 11.8 Å². The van der Waals surface area contributed by atoms with Gasteiger partial charge in [-0.25, -0.2) is 0 Å². The van der Waals surface area contributed by atoms with Gasteiger partial charge < -0.3 is 10.1 Å². The van der Waals surface area contributed by atoms with Gasteiger partial charge in [-0.2, -0.15) is 0 Å². The minimum atomic E-state index is 0.365. The SMILES string of the molecule is CCN1CCOC(CSc2ccc(C(C)NC)cc2)C1. The predicted molar refractivity (Wildman–Crippen MR) is 86.5 cm³/mol. The Bertz CT molecular complexity index is 396. The van der Waals surface area contributed by atoms with Crippen molar-refractivity contribution >= 4 is 11.8 Å². The summed E-state index contributed by atoms with van der Waals surface area (Å²) in [5.74, 6) is 1.04. The molecule has 0 amide bonds. The second kappa shape index (κ2) is 8.03. The average Bonchev–Trinajstić information content (AvgIpc) is 2.53. The number of thioether (sulfide) groups is 1. The van der Waals surface area contributed by atoms with Gasteiger partial charge in [-0.3, -0.25) is 4.90 Å². The summed E-state index contributed by atoms with van der Waals surface area (Å²) in [6, 6.07) is 9.27. The van der Waals surface area contributed by atoms with Crippen LogP contribution < -0.4 is 5.32 Å². The fraction of sp³-hybridized carbons (Fsp3) is 0.625. The molecule has 20 heavy (non-hydrogen) atoms. The minimum Gasteiger partial charge on any atom is -0.375 e. The lowest BCUT2D eigenvalue weighted by atomic mass is 10.1. The van der Waals surface area contributed by atoms with Crippen LogP contribution in [0.2, 0.25) is 0 Å². The molecule has 1 heterocycles. The largest absolute Gasteiger partial charge is 0.375 e. The third-order valence-corrected chi connectivity index (χ3v) is 5.06. The second-order valence-electron chi connectivity index (χ2n) is 5.28. The van der Waals surface area contributed by atoms with Crippen molar-refractivity contribution in [2.24, 2.45) is 0 Å². The van der Waals surface area contributed by atoms with Crippen molar-refractivity contribution in [1.29, 1.82) is 0 Å². The molecule has 1 N–H and O–H groups in total. The molecule has 1 aliphatic rings. The van der Waals surface area contributed by atoms with Crippen LogP contribution in [0.1, 0.15) is 25.5 Å². The van der Waals surface area contributed by atoms with Gasteiger partial charge in [0.15, 0.2) is 0 Å². The van der Waals surface area contributed by atoms with Crippen LogP contribution in [0.5, 0.6) is 0 Å². The van der Waals surface area contributed by atoms with E-state index in [4.69, 9.17) is 4.74 Å². The quantitative estimate of drug-likeness (QED) is 0.816. The average molecular weight is 294 g/mol. The number of likely N-dealkylation sites (N-methyl/N-ethyl adjacent to an activating group) is 1. The highest BCUT2D eigenvalue weighted by molar-refractivity contribution is 7.99. The standard InChI is InChI=1S/C16H26N2OS/c1-4-18-9-10-19-15(11-18)12-20-16-7-5-14(6-8-16)13(2)17-3/h5-8,13,15,17H,4,9-12H2,1-3H3. The molecule has 0 saturated carbocycles. The zero-order chi connectivity index (χ0) is 14.4. The van der Waals surface area contributed by atoms with Crippen molar-refractivity contribution in [3.05, 3.63) is 29.8 Å². The van der Waals surface area contributed by atoms with E-state index < -0.39 is 0 Å². The Morgan fingerprint density at radius 1 is 1.40 bits per heavy atom. The van der Waals surface area contributed by atoms with Gasteiger partial charge in [0.25, 0.3) is 0 Å². The molecule has 4 heteroatoms. The molecular formula is C16H26N2OS. The van der Waals surface area contributed by atoms with Crippen molar-refractivity contribution in [2.45, 2.75) is 30.9 Å². The maximum atomic E-state index is 5.84. The Morgan fingerprint density at radius 3 is 2.80 bits per heavy atom. The molecule has 1 aliphatic heterocycles. The van der Waals surface area contributed by atoms with Gasteiger partial charge in [0.05, 0.1) is 12.7 Å². The molecular weight excluding hydrogens is 268 g/mol. The minimum absolute atomic E-state index is 0.365. The van der Waals surface area contributed by atoms with Crippen molar-refractivity contribution in [3.63, 3.8) is 0 Å². The first-order chi connectivity index (χ1) is 9.72. The monoisotopic (exact) mass is 294 g/mol. The normalized spacial score (nSPS) is 21.9. The van der Waals surface area contributed by atoms with Crippen LogP contribution in [0.3, 0.4) is 0 Å². The van der Waals surface area contributed by atoms with E-state index in [-0.39, 0.29) is 0 Å². The Morgan fingerprint density at radius 2 is 2.15 bits per heavy atom. The van der Waals surface area contributed by atoms with Crippen LogP contribution in [0.15, 0.2) is 29.2 Å². The lowest BCUT2D eigenvalue weighted by Crippen LogP contribution is -2.43. The number of hydrogen-bond acceptors (Lipinski definition) is 4. The number of hydrogen-bond donors (Lipinski definition) is 1. The molecule has 0 aliphatic carbocycles. The molecule has 3 nitrogen and oxygen atoms in total. The van der Waals surface area contributed by atoms with Gasteiger partial charge in [0.2, 0.25) is 0 Å². The number of morpholine rings is 1. The van der Waals surface area contributed by atoms with Crippen LogP contribution in [-0.4, -0.2) is 50.0 Å². The highest BCUT2D eigenvalue weighted by Gasteiger charge is 2.19. The summed E-state index contributed by atoms with van der Waals surface area (Å²) in [4.78, 5) is 3.79. The van der Waals surface area contributed by atoms with Crippen molar-refractivity contribution < 1.29 is 4.74 Å². The third kappa shape index (κ3) is 4.48. The van der Waals surface area contributed by atoms with E-state index in [2.05, 4.69) is 48.3 Å². The number of nitrogens with zero attached hydrogens (tertiary/aromatic N) is 1. The fourth-order valence-electron chi connectivity index (χ4n) is 2.38. The summed E-state index contributed by atoms with van der Waals surface area (Å²) in [6.07, 6.45) is 0.365. The van der Waals surface area contributed by atoms with Crippen LogP contribution in [0, 0.1) is 0 Å². The number of ether oxygens (including phenoxy) is 1. The molecule has 0 bridgehead atoms. The predicted octanol–water partition coefficient (Wildman–Crippen LogP) is 2.78. The molecule has 112 valence electrons. The summed E-state index contributed by atoms with van der Waals surface area (Å²) >= 11 is 1.90. The van der Waals surface area contributed by atoms with Crippen LogP contribution in [0.4, 0.5) is 0 Å². The number of rotatable bonds is 6. The van der Waals surface area contributed by atoms with Crippen molar-refractivity contribution in [2.75, 3.05) is 39.0 Å². The molecule has 0 radical (unpaired) electrons. The summed E-state index contributed by atoms with van der Waals surface area (Å²) in [7, 11) is 1.99. The van der Waals surface area contributed by atoms with E-state index in [9.17, 15) is 0 Å². The van der Waals surface area contributed by atoms with Crippen molar-refractivity contribution in [1.82, 2.24) is 10.2 Å². The van der Waals surface area contributed by atoms with E-state index in [0.717, 1.165) is 32.0 Å². The zero-order valence-electron chi connectivity index (χ0n) is 12.8. The van der Waals surface area contributed by atoms with E-state index in [1.54, 1.807) is 0 Å². The molecule has 2 rings (SSSR count). The molecule has 2 atom stereocenters. The van der Waals surface area contributed by atoms with Crippen LogP contribution in [-0.2, 0) is 4.74 Å². The van der Waals surface area contributed by atoms with Crippen molar-refractivity contribution in [3.8, 4) is 0 Å². The summed E-state index contributed by atoms with van der Waals surface area (Å²) < 4.78 is 5.84. The second-order valence-corrected chi connectivity index (χ2v) is 6.37. The summed E-state index contributed by atoms with van der Waals surface area (Å²) in [5, 5.41) is 3.26. The van der Waals surface area contributed by atoms with Gasteiger partial charge in [-0.1, -0.05) is 19.1 Å². The smallest absolute Gasteiger partial charge is 0.0796 e. The van der Waals surface area contributed by atoms with Crippen LogP contribution in [0.25, 0.3) is 0 Å². The first kappa shape index (κ1) is 15.8. The number of benzene rings is 1. The Balaban J connectivity index is 1.81. The topological polar surface area (TPSA) is 24.5 Å². The molecule has 1 saturated heterocycles. The summed E-state index contributed by atoms with van der Waals surface area (Å²) in [5.41, 5.74) is 1.34. The van der Waals surface area contributed by atoms with E-state index >= 15 is 0 Å². The third-order valence-electron chi connectivity index (χ3n) is 3.92. The van der Waals surface area contributed by atoms with E-state index in [1.807, 2.05) is 18.8 Å². The maximum absolute atomic E-state index is 5.84. The van der Waals surface area contributed by atoms with E-state index in [0.29, 0.717) is 12.1 Å². The van der Waals surface area contributed by atoms with Gasteiger partial charge >= 0.3 is 0 Å². The van der Waals surface area contributed by atoms with Gasteiger partial charge in [0, 0.05) is 29.8 Å². The molecule has 0 aromatic heterocycles. The number of nitrogens with one attached hydrogen (secondary N) is 1. The molecule has 1 aromatic rings. The Hall–Kier alpha value is -0.550.